The summed E-state index contributed by atoms with van der Waals surface area (Å²) in [6.07, 6.45) is 1.71. The largest absolute Gasteiger partial charge is 0.313 e. The van der Waals surface area contributed by atoms with Crippen LogP contribution in [0.2, 0.25) is 0 Å². The van der Waals surface area contributed by atoms with Gasteiger partial charge in [-0.3, -0.25) is 0 Å². The Bertz CT molecular complexity index is 524. The van der Waals surface area contributed by atoms with E-state index in [-0.39, 0.29) is 12.1 Å². The van der Waals surface area contributed by atoms with Crippen LogP contribution in [0.4, 0.5) is 0 Å². The van der Waals surface area contributed by atoms with Crippen LogP contribution < -0.4 is 5.32 Å². The Hall–Kier alpha value is -0.910. The molecule has 0 radical (unpaired) electrons. The first-order valence-corrected chi connectivity index (χ1v) is 8.57. The minimum Gasteiger partial charge on any atom is -0.313 e. The van der Waals surface area contributed by atoms with Gasteiger partial charge in [-0.2, -0.15) is 4.31 Å². The molecular weight excluding hydrogens is 272 g/mol. The normalized spacial score (nSPS) is 15.3. The maximum absolute atomic E-state index is 12.6. The zero-order valence-corrected chi connectivity index (χ0v) is 13.9. The van der Waals surface area contributed by atoms with E-state index in [1.165, 1.54) is 4.31 Å². The number of benzene rings is 1. The molecule has 1 aromatic rings. The van der Waals surface area contributed by atoms with Gasteiger partial charge in [-0.25, -0.2) is 8.42 Å². The van der Waals surface area contributed by atoms with Crippen molar-refractivity contribution in [1.82, 2.24) is 9.62 Å². The summed E-state index contributed by atoms with van der Waals surface area (Å²) in [5.74, 6) is 0. The van der Waals surface area contributed by atoms with Gasteiger partial charge in [0, 0.05) is 19.1 Å². The van der Waals surface area contributed by atoms with E-state index in [4.69, 9.17) is 0 Å². The van der Waals surface area contributed by atoms with Crippen molar-refractivity contribution in [1.29, 1.82) is 0 Å². The first kappa shape index (κ1) is 17.1. The first-order chi connectivity index (χ1) is 9.38. The molecule has 20 heavy (non-hydrogen) atoms. The number of nitrogens with zero attached hydrogens (tertiary/aromatic N) is 1. The zero-order valence-electron chi connectivity index (χ0n) is 13.1. The molecule has 0 aromatic heterocycles. The third kappa shape index (κ3) is 3.59. The molecule has 1 rings (SSSR count). The van der Waals surface area contributed by atoms with Crippen molar-refractivity contribution in [3.8, 4) is 0 Å². The van der Waals surface area contributed by atoms with E-state index in [2.05, 4.69) is 12.2 Å². The molecule has 0 saturated carbocycles. The molecule has 0 heterocycles. The quantitative estimate of drug-likeness (QED) is 0.842. The summed E-state index contributed by atoms with van der Waals surface area (Å²) >= 11 is 0. The van der Waals surface area contributed by atoms with Crippen molar-refractivity contribution >= 4 is 10.0 Å². The Labute approximate surface area is 123 Å². The molecule has 5 heteroatoms. The van der Waals surface area contributed by atoms with Crippen LogP contribution in [-0.4, -0.2) is 32.9 Å². The van der Waals surface area contributed by atoms with Crippen LogP contribution in [0, 0.1) is 0 Å². The molecule has 114 valence electrons. The second kappa shape index (κ2) is 7.20. The van der Waals surface area contributed by atoms with Gasteiger partial charge in [0.25, 0.3) is 0 Å². The molecule has 1 N–H and O–H groups in total. The van der Waals surface area contributed by atoms with Crippen molar-refractivity contribution in [2.24, 2.45) is 0 Å². The zero-order chi connectivity index (χ0) is 15.3. The predicted molar refractivity (Wildman–Crippen MR) is 83.2 cm³/mol. The van der Waals surface area contributed by atoms with Gasteiger partial charge in [0.1, 0.15) is 0 Å². The molecule has 2 atom stereocenters. The Morgan fingerprint density at radius 1 is 1.25 bits per heavy atom. The standard InChI is InChI=1S/C15H26N2O2S/c1-6-12(3)17(5)20(18,19)14-10-8-9-13(11-14)15(7-2)16-4/h8-12,15-16H,6-7H2,1-5H3. The van der Waals surface area contributed by atoms with Gasteiger partial charge in [-0.1, -0.05) is 26.0 Å². The summed E-state index contributed by atoms with van der Waals surface area (Å²) in [6.45, 7) is 5.98. The monoisotopic (exact) mass is 298 g/mol. The van der Waals surface area contributed by atoms with Crippen molar-refractivity contribution in [3.05, 3.63) is 29.8 Å². The van der Waals surface area contributed by atoms with E-state index < -0.39 is 10.0 Å². The lowest BCUT2D eigenvalue weighted by Crippen LogP contribution is -2.34. The van der Waals surface area contributed by atoms with Crippen LogP contribution in [0.3, 0.4) is 0 Å². The van der Waals surface area contributed by atoms with Gasteiger partial charge in [0.15, 0.2) is 0 Å². The Balaban J connectivity index is 3.17. The fraction of sp³-hybridized carbons (Fsp3) is 0.600. The predicted octanol–water partition coefficient (Wildman–Crippen LogP) is 2.78. The molecular formula is C15H26N2O2S. The molecule has 0 spiro atoms. The minimum atomic E-state index is -3.42. The number of sulfonamides is 1. The number of hydrogen-bond acceptors (Lipinski definition) is 3. The van der Waals surface area contributed by atoms with Crippen molar-refractivity contribution < 1.29 is 8.42 Å². The van der Waals surface area contributed by atoms with E-state index in [0.717, 1.165) is 18.4 Å². The summed E-state index contributed by atoms with van der Waals surface area (Å²) < 4.78 is 26.6. The number of rotatable bonds is 7. The fourth-order valence-electron chi connectivity index (χ4n) is 2.16. The van der Waals surface area contributed by atoms with E-state index in [0.29, 0.717) is 4.90 Å². The minimum absolute atomic E-state index is 0.00470. The molecule has 4 nitrogen and oxygen atoms in total. The van der Waals surface area contributed by atoms with Crippen LogP contribution in [0.1, 0.15) is 45.2 Å². The van der Waals surface area contributed by atoms with Gasteiger partial charge in [0.2, 0.25) is 10.0 Å². The smallest absolute Gasteiger partial charge is 0.243 e. The first-order valence-electron chi connectivity index (χ1n) is 7.13. The molecule has 0 amide bonds. The lowest BCUT2D eigenvalue weighted by molar-refractivity contribution is 0.380. The van der Waals surface area contributed by atoms with Crippen molar-refractivity contribution in [2.45, 2.75) is 50.6 Å². The van der Waals surface area contributed by atoms with E-state index in [1.54, 1.807) is 19.2 Å². The maximum atomic E-state index is 12.6. The molecule has 2 unspecified atom stereocenters. The molecule has 0 aliphatic rings. The van der Waals surface area contributed by atoms with Gasteiger partial charge in [0.05, 0.1) is 4.90 Å². The third-order valence-electron chi connectivity index (χ3n) is 3.91. The summed E-state index contributed by atoms with van der Waals surface area (Å²) in [5, 5.41) is 3.20. The highest BCUT2D eigenvalue weighted by Gasteiger charge is 2.25. The molecule has 0 aliphatic carbocycles. The molecule has 0 saturated heterocycles. The van der Waals surface area contributed by atoms with Crippen LogP contribution in [-0.2, 0) is 10.0 Å². The Kier molecular flexibility index (Phi) is 6.17. The third-order valence-corrected chi connectivity index (χ3v) is 5.87. The maximum Gasteiger partial charge on any atom is 0.243 e. The topological polar surface area (TPSA) is 49.4 Å². The second-order valence-corrected chi connectivity index (χ2v) is 7.10. The highest BCUT2D eigenvalue weighted by Crippen LogP contribution is 2.23. The average molecular weight is 298 g/mol. The fourth-order valence-corrected chi connectivity index (χ4v) is 3.65. The van der Waals surface area contributed by atoms with E-state index in [1.807, 2.05) is 33.0 Å². The molecule has 1 aromatic carbocycles. The van der Waals surface area contributed by atoms with Gasteiger partial charge < -0.3 is 5.32 Å². The summed E-state index contributed by atoms with van der Waals surface area (Å²) in [6, 6.07) is 7.40. The van der Waals surface area contributed by atoms with Crippen molar-refractivity contribution in [3.63, 3.8) is 0 Å². The van der Waals surface area contributed by atoms with Crippen LogP contribution >= 0.6 is 0 Å². The average Bonchev–Trinajstić information content (AvgIpc) is 2.47. The van der Waals surface area contributed by atoms with Gasteiger partial charge in [-0.05, 0) is 44.5 Å². The van der Waals surface area contributed by atoms with Crippen LogP contribution in [0.25, 0.3) is 0 Å². The van der Waals surface area contributed by atoms with Gasteiger partial charge >= 0.3 is 0 Å². The van der Waals surface area contributed by atoms with Crippen LogP contribution in [0.5, 0.6) is 0 Å². The lowest BCUT2D eigenvalue weighted by Gasteiger charge is -2.24. The Morgan fingerprint density at radius 2 is 1.90 bits per heavy atom. The lowest BCUT2D eigenvalue weighted by atomic mass is 10.1. The SMILES string of the molecule is CCC(NC)c1cccc(S(=O)(=O)N(C)C(C)CC)c1. The van der Waals surface area contributed by atoms with Crippen LogP contribution in [0.15, 0.2) is 29.2 Å². The number of hydrogen-bond donors (Lipinski definition) is 1. The van der Waals surface area contributed by atoms with Gasteiger partial charge in [-0.15, -0.1) is 0 Å². The Morgan fingerprint density at radius 3 is 2.40 bits per heavy atom. The second-order valence-electron chi connectivity index (χ2n) is 5.10. The summed E-state index contributed by atoms with van der Waals surface area (Å²) in [7, 11) is 0.117. The highest BCUT2D eigenvalue weighted by atomic mass is 32.2. The summed E-state index contributed by atoms with van der Waals surface area (Å²) in [4.78, 5) is 0.367. The molecule has 0 fully saturated rings. The van der Waals surface area contributed by atoms with E-state index in [9.17, 15) is 8.42 Å². The van der Waals surface area contributed by atoms with E-state index >= 15 is 0 Å². The summed E-state index contributed by atoms with van der Waals surface area (Å²) in [5.41, 5.74) is 1.01. The number of nitrogens with one attached hydrogen (secondary N) is 1. The highest BCUT2D eigenvalue weighted by molar-refractivity contribution is 7.89. The molecule has 0 bridgehead atoms. The molecule has 0 aliphatic heterocycles. The van der Waals surface area contributed by atoms with Crippen molar-refractivity contribution in [2.75, 3.05) is 14.1 Å².